The fourth-order valence-electron chi connectivity index (χ4n) is 4.08. The maximum atomic E-state index is 12.8. The Hall–Kier alpha value is -3.81. The molecule has 8 heteroatoms. The fourth-order valence-corrected chi connectivity index (χ4v) is 4.08. The highest BCUT2D eigenvalue weighted by molar-refractivity contribution is 5.98. The summed E-state index contributed by atoms with van der Waals surface area (Å²) in [6.45, 7) is 5.11. The van der Waals surface area contributed by atoms with E-state index in [1.807, 2.05) is 67.1 Å². The van der Waals surface area contributed by atoms with Gasteiger partial charge in [0.25, 0.3) is 5.91 Å². The Labute approximate surface area is 193 Å². The minimum Gasteiger partial charge on any atom is -0.497 e. The number of aryl methyl sites for hydroxylation is 3. The summed E-state index contributed by atoms with van der Waals surface area (Å²) in [5.41, 5.74) is 12.0. The zero-order valence-corrected chi connectivity index (χ0v) is 19.2. The number of ether oxygens (including phenoxy) is 1. The molecule has 0 spiro atoms. The van der Waals surface area contributed by atoms with Gasteiger partial charge in [-0.2, -0.15) is 5.10 Å². The van der Waals surface area contributed by atoms with Crippen molar-refractivity contribution < 1.29 is 14.4 Å². The number of fused-ring (bicyclic) bond motifs is 1. The van der Waals surface area contributed by atoms with Crippen LogP contribution in [-0.2, 0) is 22.6 Å². The lowest BCUT2D eigenvalue weighted by Crippen LogP contribution is -2.37. The third-order valence-electron chi connectivity index (χ3n) is 5.72. The van der Waals surface area contributed by atoms with Crippen LogP contribution in [-0.4, -0.2) is 41.8 Å². The number of hydrogen-bond acceptors (Lipinski definition) is 5. The molecule has 0 atom stereocenters. The number of amidine groups is 1. The van der Waals surface area contributed by atoms with Crippen molar-refractivity contribution in [2.45, 2.75) is 33.2 Å². The van der Waals surface area contributed by atoms with E-state index in [-0.39, 0.29) is 18.3 Å². The summed E-state index contributed by atoms with van der Waals surface area (Å²) in [4.78, 5) is 19.8. The van der Waals surface area contributed by atoms with Crippen molar-refractivity contribution in [3.8, 4) is 5.75 Å². The number of methoxy groups -OCH3 is 1. The number of carbonyl (C=O) groups is 1. The van der Waals surface area contributed by atoms with Crippen LogP contribution in [0, 0.1) is 13.8 Å². The Morgan fingerprint density at radius 2 is 2.03 bits per heavy atom. The third kappa shape index (κ3) is 5.16. The number of oxime groups is 1. The lowest BCUT2D eigenvalue weighted by molar-refractivity contribution is -0.123. The lowest BCUT2D eigenvalue weighted by Gasteiger charge is -2.29. The summed E-state index contributed by atoms with van der Waals surface area (Å²) in [5.74, 6) is 0.856. The predicted molar refractivity (Wildman–Crippen MR) is 128 cm³/mol. The van der Waals surface area contributed by atoms with Gasteiger partial charge >= 0.3 is 0 Å². The van der Waals surface area contributed by atoms with Crippen molar-refractivity contribution in [2.24, 2.45) is 10.9 Å². The molecule has 0 radical (unpaired) electrons. The first-order valence-electron chi connectivity index (χ1n) is 11.0. The van der Waals surface area contributed by atoms with Crippen LogP contribution >= 0.6 is 0 Å². The molecule has 3 aromatic rings. The molecule has 1 aromatic heterocycles. The Morgan fingerprint density at radius 3 is 2.79 bits per heavy atom. The Bertz CT molecular complexity index is 1180. The van der Waals surface area contributed by atoms with Crippen LogP contribution in [0.2, 0.25) is 0 Å². The second-order valence-corrected chi connectivity index (χ2v) is 8.18. The van der Waals surface area contributed by atoms with Crippen LogP contribution in [0.15, 0.2) is 53.7 Å². The number of nitrogens with zero attached hydrogens (tertiary/aromatic N) is 4. The number of aromatic nitrogens is 2. The molecule has 1 aliphatic rings. The molecule has 2 aromatic carbocycles. The van der Waals surface area contributed by atoms with Crippen molar-refractivity contribution in [3.05, 3.63) is 76.6 Å². The molecule has 2 N–H and O–H groups in total. The van der Waals surface area contributed by atoms with Gasteiger partial charge in [0.05, 0.1) is 19.3 Å². The van der Waals surface area contributed by atoms with Gasteiger partial charge in [-0.1, -0.05) is 23.4 Å². The standard InChI is InChI=1S/C25H29N5O3/c1-17-12-18(2)30(27-17)15-19-6-4-7-21(13-19)25(26)28-33-16-24(31)29-11-5-8-20-14-22(32-3)9-10-23(20)29/h4,6-7,9-10,12-14H,5,8,11,15-16H2,1-3H3,(H2,26,28). The van der Waals surface area contributed by atoms with Crippen LogP contribution in [0.5, 0.6) is 5.75 Å². The molecule has 0 fully saturated rings. The van der Waals surface area contributed by atoms with Crippen LogP contribution in [0.3, 0.4) is 0 Å². The van der Waals surface area contributed by atoms with E-state index in [1.54, 1.807) is 12.0 Å². The van der Waals surface area contributed by atoms with E-state index < -0.39 is 0 Å². The van der Waals surface area contributed by atoms with E-state index in [0.29, 0.717) is 13.1 Å². The molecule has 1 amide bonds. The number of rotatable bonds is 7. The Morgan fingerprint density at radius 1 is 1.18 bits per heavy atom. The SMILES string of the molecule is COc1ccc2c(c1)CCCN2C(=O)CO/N=C(/N)c1cccc(Cn2nc(C)cc2C)c1. The highest BCUT2D eigenvalue weighted by Gasteiger charge is 2.23. The average Bonchev–Trinajstić information content (AvgIpc) is 3.14. The lowest BCUT2D eigenvalue weighted by atomic mass is 10.0. The quantitative estimate of drug-likeness (QED) is 0.341. The topological polar surface area (TPSA) is 95.0 Å². The molecule has 0 aliphatic carbocycles. The van der Waals surface area contributed by atoms with Gasteiger partial charge in [0, 0.05) is 23.5 Å². The number of benzene rings is 2. The second-order valence-electron chi connectivity index (χ2n) is 8.18. The van der Waals surface area contributed by atoms with Crippen LogP contribution in [0.4, 0.5) is 5.69 Å². The van der Waals surface area contributed by atoms with Gasteiger partial charge in [0.1, 0.15) is 5.75 Å². The summed E-state index contributed by atoms with van der Waals surface area (Å²) >= 11 is 0. The van der Waals surface area contributed by atoms with Gasteiger partial charge < -0.3 is 20.2 Å². The smallest absolute Gasteiger partial charge is 0.267 e. The molecule has 2 heterocycles. The molecule has 1 aliphatic heterocycles. The Kier molecular flexibility index (Phi) is 6.63. The van der Waals surface area contributed by atoms with Gasteiger partial charge in [-0.3, -0.25) is 9.48 Å². The van der Waals surface area contributed by atoms with E-state index in [2.05, 4.69) is 10.3 Å². The highest BCUT2D eigenvalue weighted by atomic mass is 16.6. The largest absolute Gasteiger partial charge is 0.497 e. The summed E-state index contributed by atoms with van der Waals surface area (Å²) < 4.78 is 7.24. The highest BCUT2D eigenvalue weighted by Crippen LogP contribution is 2.30. The normalized spacial score (nSPS) is 13.5. The molecule has 0 saturated carbocycles. The minimum absolute atomic E-state index is 0.157. The second kappa shape index (κ2) is 9.77. The van der Waals surface area contributed by atoms with Gasteiger partial charge in [0.2, 0.25) is 0 Å². The maximum absolute atomic E-state index is 12.8. The van der Waals surface area contributed by atoms with Crippen LogP contribution in [0.1, 0.15) is 34.5 Å². The number of amides is 1. The zero-order valence-electron chi connectivity index (χ0n) is 19.2. The summed E-state index contributed by atoms with van der Waals surface area (Å²) in [7, 11) is 1.64. The summed E-state index contributed by atoms with van der Waals surface area (Å²) in [6, 6.07) is 15.5. The van der Waals surface area contributed by atoms with E-state index >= 15 is 0 Å². The van der Waals surface area contributed by atoms with Crippen molar-refractivity contribution in [1.29, 1.82) is 0 Å². The van der Waals surface area contributed by atoms with E-state index in [0.717, 1.165) is 52.4 Å². The van der Waals surface area contributed by atoms with Crippen molar-refractivity contribution in [3.63, 3.8) is 0 Å². The number of hydrogen-bond donors (Lipinski definition) is 1. The van der Waals surface area contributed by atoms with Gasteiger partial charge in [-0.05, 0) is 68.1 Å². The van der Waals surface area contributed by atoms with Crippen LogP contribution < -0.4 is 15.4 Å². The molecule has 172 valence electrons. The zero-order chi connectivity index (χ0) is 23.4. The van der Waals surface area contributed by atoms with E-state index in [9.17, 15) is 4.79 Å². The molecular formula is C25H29N5O3. The number of nitrogens with two attached hydrogens (primary N) is 1. The number of carbonyl (C=O) groups excluding carboxylic acids is 1. The molecule has 0 bridgehead atoms. The van der Waals surface area contributed by atoms with Gasteiger partial charge in [0.15, 0.2) is 12.4 Å². The first-order valence-corrected chi connectivity index (χ1v) is 11.0. The summed E-state index contributed by atoms with van der Waals surface area (Å²) in [6.07, 6.45) is 1.80. The van der Waals surface area contributed by atoms with Crippen LogP contribution in [0.25, 0.3) is 0 Å². The predicted octanol–water partition coefficient (Wildman–Crippen LogP) is 3.17. The summed E-state index contributed by atoms with van der Waals surface area (Å²) in [5, 5.41) is 8.49. The Balaban J connectivity index is 1.39. The van der Waals surface area contributed by atoms with Crippen molar-refractivity contribution in [1.82, 2.24) is 9.78 Å². The van der Waals surface area contributed by atoms with E-state index in [4.69, 9.17) is 15.3 Å². The monoisotopic (exact) mass is 447 g/mol. The van der Waals surface area contributed by atoms with Gasteiger partial charge in [-0.25, -0.2) is 0 Å². The molecule has 4 rings (SSSR count). The maximum Gasteiger partial charge on any atom is 0.267 e. The average molecular weight is 448 g/mol. The fraction of sp³-hybridized carbons (Fsp3) is 0.320. The first kappa shape index (κ1) is 22.4. The van der Waals surface area contributed by atoms with Gasteiger partial charge in [-0.15, -0.1) is 0 Å². The number of anilines is 1. The van der Waals surface area contributed by atoms with Crippen molar-refractivity contribution in [2.75, 3.05) is 25.2 Å². The van der Waals surface area contributed by atoms with E-state index in [1.165, 1.54) is 0 Å². The molecule has 0 unspecified atom stereocenters. The molecule has 8 nitrogen and oxygen atoms in total. The minimum atomic E-state index is -0.183. The first-order chi connectivity index (χ1) is 15.9. The molecule has 33 heavy (non-hydrogen) atoms. The molecule has 0 saturated heterocycles. The molecular weight excluding hydrogens is 418 g/mol. The van der Waals surface area contributed by atoms with Crippen molar-refractivity contribution >= 4 is 17.4 Å². The third-order valence-corrected chi connectivity index (χ3v) is 5.72.